The van der Waals surface area contributed by atoms with Crippen LogP contribution in [0.1, 0.15) is 21.7 Å². The van der Waals surface area contributed by atoms with E-state index in [0.717, 1.165) is 17.0 Å². The molecule has 0 saturated carbocycles. The zero-order valence-corrected chi connectivity index (χ0v) is 10.0. The summed E-state index contributed by atoms with van der Waals surface area (Å²) in [5.74, 6) is 0.832. The van der Waals surface area contributed by atoms with Gasteiger partial charge in [0.1, 0.15) is 5.82 Å². The van der Waals surface area contributed by atoms with Crippen molar-refractivity contribution in [1.82, 2.24) is 14.9 Å². The fraction of sp³-hybridized carbons (Fsp3) is 0.273. The molecular weight excluding hydrogens is 222 g/mol. The molecule has 0 fully saturated rings. The summed E-state index contributed by atoms with van der Waals surface area (Å²) in [5.41, 5.74) is 1.81. The van der Waals surface area contributed by atoms with Crippen molar-refractivity contribution in [2.75, 3.05) is 7.05 Å². The third kappa shape index (κ3) is 2.14. The SMILES string of the molecule is Cc1cscc1C(=O)N(C)Cc1ncc[nH]1. The average Bonchev–Trinajstić information content (AvgIpc) is 2.88. The number of rotatable bonds is 3. The Labute approximate surface area is 97.9 Å². The molecule has 1 N–H and O–H groups in total. The standard InChI is InChI=1S/C11H13N3OS/c1-8-6-16-7-9(8)11(15)14(2)5-10-12-3-4-13-10/h3-4,6-7H,5H2,1-2H3,(H,12,13). The first-order chi connectivity index (χ1) is 7.68. The minimum absolute atomic E-state index is 0.0372. The smallest absolute Gasteiger partial charge is 0.255 e. The maximum atomic E-state index is 12.0. The molecule has 5 heteroatoms. The molecule has 0 aliphatic carbocycles. The summed E-state index contributed by atoms with van der Waals surface area (Å²) < 4.78 is 0. The van der Waals surface area contributed by atoms with Crippen LogP contribution in [0.4, 0.5) is 0 Å². The number of amides is 1. The number of thiophene rings is 1. The number of hydrogen-bond acceptors (Lipinski definition) is 3. The Bertz CT molecular complexity index is 475. The first-order valence-corrected chi connectivity index (χ1v) is 5.89. The van der Waals surface area contributed by atoms with Gasteiger partial charge >= 0.3 is 0 Å². The summed E-state index contributed by atoms with van der Waals surface area (Å²) in [6.07, 6.45) is 3.44. The molecule has 0 radical (unpaired) electrons. The van der Waals surface area contributed by atoms with E-state index in [2.05, 4.69) is 9.97 Å². The van der Waals surface area contributed by atoms with E-state index in [4.69, 9.17) is 0 Å². The zero-order chi connectivity index (χ0) is 11.5. The number of carbonyl (C=O) groups is 1. The number of carbonyl (C=O) groups excluding carboxylic acids is 1. The van der Waals surface area contributed by atoms with Gasteiger partial charge in [-0.25, -0.2) is 4.98 Å². The van der Waals surface area contributed by atoms with Crippen LogP contribution in [-0.2, 0) is 6.54 Å². The van der Waals surface area contributed by atoms with Crippen molar-refractivity contribution < 1.29 is 4.79 Å². The van der Waals surface area contributed by atoms with Crippen LogP contribution in [0.5, 0.6) is 0 Å². The third-order valence-electron chi connectivity index (χ3n) is 2.37. The number of nitrogens with one attached hydrogen (secondary N) is 1. The summed E-state index contributed by atoms with van der Waals surface area (Å²) >= 11 is 1.55. The number of aromatic nitrogens is 2. The second kappa shape index (κ2) is 4.49. The lowest BCUT2D eigenvalue weighted by atomic mass is 10.2. The van der Waals surface area contributed by atoms with Crippen LogP contribution in [-0.4, -0.2) is 27.8 Å². The van der Waals surface area contributed by atoms with Crippen LogP contribution in [0.15, 0.2) is 23.2 Å². The van der Waals surface area contributed by atoms with Crippen molar-refractivity contribution in [3.8, 4) is 0 Å². The molecule has 16 heavy (non-hydrogen) atoms. The second-order valence-corrected chi connectivity index (χ2v) is 4.41. The first-order valence-electron chi connectivity index (χ1n) is 4.95. The Morgan fingerprint density at radius 1 is 1.56 bits per heavy atom. The molecule has 0 aliphatic rings. The molecule has 0 aromatic carbocycles. The summed E-state index contributed by atoms with van der Waals surface area (Å²) in [5, 5.41) is 3.87. The molecule has 2 rings (SSSR count). The Kier molecular flexibility index (Phi) is 3.05. The molecular formula is C11H13N3OS. The van der Waals surface area contributed by atoms with Crippen LogP contribution >= 0.6 is 11.3 Å². The van der Waals surface area contributed by atoms with E-state index in [9.17, 15) is 4.79 Å². The molecule has 0 aliphatic heterocycles. The normalized spacial score (nSPS) is 10.4. The molecule has 84 valence electrons. The van der Waals surface area contributed by atoms with Crippen molar-refractivity contribution in [2.24, 2.45) is 0 Å². The monoisotopic (exact) mass is 235 g/mol. The average molecular weight is 235 g/mol. The molecule has 2 aromatic rings. The molecule has 4 nitrogen and oxygen atoms in total. The van der Waals surface area contributed by atoms with E-state index in [1.165, 1.54) is 0 Å². The van der Waals surface area contributed by atoms with Crippen LogP contribution in [0.25, 0.3) is 0 Å². The predicted molar refractivity (Wildman–Crippen MR) is 63.4 cm³/mol. The highest BCUT2D eigenvalue weighted by Crippen LogP contribution is 2.16. The van der Waals surface area contributed by atoms with E-state index in [-0.39, 0.29) is 5.91 Å². The quantitative estimate of drug-likeness (QED) is 0.885. The number of H-pyrrole nitrogens is 1. The highest BCUT2D eigenvalue weighted by Gasteiger charge is 2.15. The van der Waals surface area contributed by atoms with Gasteiger partial charge in [0.15, 0.2) is 0 Å². The van der Waals surface area contributed by atoms with Gasteiger partial charge in [-0.15, -0.1) is 0 Å². The Balaban J connectivity index is 2.08. The number of aryl methyl sites for hydroxylation is 1. The number of imidazole rings is 1. The Morgan fingerprint density at radius 3 is 2.94 bits per heavy atom. The third-order valence-corrected chi connectivity index (χ3v) is 3.24. The fourth-order valence-electron chi connectivity index (χ4n) is 1.47. The maximum Gasteiger partial charge on any atom is 0.255 e. The van der Waals surface area contributed by atoms with Crippen molar-refractivity contribution >= 4 is 17.2 Å². The molecule has 1 amide bonds. The molecule has 0 atom stereocenters. The molecule has 0 unspecified atom stereocenters. The van der Waals surface area contributed by atoms with Gasteiger partial charge in [-0.2, -0.15) is 11.3 Å². The van der Waals surface area contributed by atoms with Gasteiger partial charge < -0.3 is 9.88 Å². The molecule has 0 spiro atoms. The summed E-state index contributed by atoms with van der Waals surface area (Å²) in [7, 11) is 1.78. The predicted octanol–water partition coefficient (Wildman–Crippen LogP) is 2.05. The van der Waals surface area contributed by atoms with Crippen LogP contribution in [0.2, 0.25) is 0 Å². The topological polar surface area (TPSA) is 49.0 Å². The summed E-state index contributed by atoms with van der Waals surface area (Å²) in [4.78, 5) is 20.8. The zero-order valence-electron chi connectivity index (χ0n) is 9.23. The minimum atomic E-state index is 0.0372. The summed E-state index contributed by atoms with van der Waals surface area (Å²) in [6, 6.07) is 0. The fourth-order valence-corrected chi connectivity index (χ4v) is 2.29. The van der Waals surface area contributed by atoms with Gasteiger partial charge in [0.25, 0.3) is 5.91 Å². The number of hydrogen-bond donors (Lipinski definition) is 1. The molecule has 2 aromatic heterocycles. The van der Waals surface area contributed by atoms with Crippen LogP contribution in [0.3, 0.4) is 0 Å². The molecule has 0 bridgehead atoms. The molecule has 0 saturated heterocycles. The van der Waals surface area contributed by atoms with Crippen molar-refractivity contribution in [3.05, 3.63) is 40.1 Å². The lowest BCUT2D eigenvalue weighted by molar-refractivity contribution is 0.0781. The number of aromatic amines is 1. The first kappa shape index (κ1) is 10.9. The van der Waals surface area contributed by atoms with E-state index < -0.39 is 0 Å². The number of nitrogens with zero attached hydrogens (tertiary/aromatic N) is 2. The van der Waals surface area contributed by atoms with Gasteiger partial charge in [-0.1, -0.05) is 0 Å². The highest BCUT2D eigenvalue weighted by atomic mass is 32.1. The van der Waals surface area contributed by atoms with Gasteiger partial charge in [0.2, 0.25) is 0 Å². The Hall–Kier alpha value is -1.62. The van der Waals surface area contributed by atoms with Gasteiger partial charge in [0.05, 0.1) is 12.1 Å². The van der Waals surface area contributed by atoms with E-state index in [1.54, 1.807) is 35.7 Å². The van der Waals surface area contributed by atoms with Crippen molar-refractivity contribution in [3.63, 3.8) is 0 Å². The van der Waals surface area contributed by atoms with Crippen LogP contribution < -0.4 is 0 Å². The lowest BCUT2D eigenvalue weighted by Crippen LogP contribution is -2.26. The maximum absolute atomic E-state index is 12.0. The highest BCUT2D eigenvalue weighted by molar-refractivity contribution is 7.08. The second-order valence-electron chi connectivity index (χ2n) is 3.67. The van der Waals surface area contributed by atoms with Gasteiger partial charge in [-0.3, -0.25) is 4.79 Å². The van der Waals surface area contributed by atoms with Gasteiger partial charge in [0, 0.05) is 24.8 Å². The Morgan fingerprint density at radius 2 is 2.38 bits per heavy atom. The van der Waals surface area contributed by atoms with Gasteiger partial charge in [-0.05, 0) is 17.9 Å². The van der Waals surface area contributed by atoms with E-state index in [1.807, 2.05) is 17.7 Å². The van der Waals surface area contributed by atoms with Crippen molar-refractivity contribution in [2.45, 2.75) is 13.5 Å². The largest absolute Gasteiger partial charge is 0.347 e. The minimum Gasteiger partial charge on any atom is -0.347 e. The summed E-state index contributed by atoms with van der Waals surface area (Å²) in [6.45, 7) is 2.45. The van der Waals surface area contributed by atoms with Crippen LogP contribution in [0, 0.1) is 6.92 Å². The molecule has 2 heterocycles. The lowest BCUT2D eigenvalue weighted by Gasteiger charge is -2.15. The van der Waals surface area contributed by atoms with E-state index in [0.29, 0.717) is 6.54 Å². The van der Waals surface area contributed by atoms with Crippen molar-refractivity contribution in [1.29, 1.82) is 0 Å². The van der Waals surface area contributed by atoms with E-state index >= 15 is 0 Å².